The van der Waals surface area contributed by atoms with Gasteiger partial charge in [-0.2, -0.15) is 0 Å². The van der Waals surface area contributed by atoms with E-state index < -0.39 is 10.0 Å². The lowest BCUT2D eigenvalue weighted by molar-refractivity contribution is 0.0594. The molecule has 0 aliphatic carbocycles. The molecule has 6 nitrogen and oxygen atoms in total. The van der Waals surface area contributed by atoms with E-state index in [0.29, 0.717) is 37.3 Å². The number of ether oxygens (including phenoxy) is 1. The summed E-state index contributed by atoms with van der Waals surface area (Å²) in [6, 6.07) is 13.2. The number of carbonyl (C=O) groups excluding carboxylic acids is 1. The minimum atomic E-state index is -3.26. The number of piperidine rings is 1. The molecule has 7 heteroatoms. The molecule has 2 saturated heterocycles. The van der Waals surface area contributed by atoms with E-state index in [-0.39, 0.29) is 17.8 Å². The van der Waals surface area contributed by atoms with Gasteiger partial charge in [0.2, 0.25) is 10.0 Å². The topological polar surface area (TPSA) is 66.9 Å². The first-order chi connectivity index (χ1) is 14.3. The molecule has 2 aromatic rings. The average Bonchev–Trinajstić information content (AvgIpc) is 3.10. The Balaban J connectivity index is 1.40. The van der Waals surface area contributed by atoms with Gasteiger partial charge in [0.15, 0.2) is 0 Å². The molecule has 2 aliphatic rings. The lowest BCUT2D eigenvalue weighted by Crippen LogP contribution is -2.41. The van der Waals surface area contributed by atoms with Crippen LogP contribution in [-0.2, 0) is 10.0 Å². The zero-order valence-electron chi connectivity index (χ0n) is 17.5. The molecule has 160 valence electrons. The first-order valence-electron chi connectivity index (χ1n) is 10.5. The highest BCUT2D eigenvalue weighted by Crippen LogP contribution is 2.27. The van der Waals surface area contributed by atoms with Crippen LogP contribution in [0.15, 0.2) is 42.5 Å². The molecule has 0 radical (unpaired) electrons. The number of benzene rings is 2. The molecule has 2 aliphatic heterocycles. The van der Waals surface area contributed by atoms with Gasteiger partial charge in [-0.1, -0.05) is 18.2 Å². The van der Waals surface area contributed by atoms with Gasteiger partial charge in [-0.3, -0.25) is 9.10 Å². The smallest absolute Gasteiger partial charge is 0.253 e. The van der Waals surface area contributed by atoms with E-state index in [1.807, 2.05) is 11.8 Å². The predicted octanol–water partition coefficient (Wildman–Crippen LogP) is 3.53. The van der Waals surface area contributed by atoms with Crippen molar-refractivity contribution in [2.24, 2.45) is 0 Å². The molecule has 0 unspecified atom stereocenters. The molecule has 0 bridgehead atoms. The SMILES string of the molecule is Cc1ccc(C)c(OC2CCN(C(=O)c3cccc(N4CCCS4(=O)=O)c3)CC2)c1. The predicted molar refractivity (Wildman–Crippen MR) is 118 cm³/mol. The molecule has 0 aromatic heterocycles. The van der Waals surface area contributed by atoms with Gasteiger partial charge in [0.05, 0.1) is 11.4 Å². The molecule has 0 spiro atoms. The van der Waals surface area contributed by atoms with Gasteiger partial charge in [0.25, 0.3) is 5.91 Å². The number of hydrogen-bond acceptors (Lipinski definition) is 4. The summed E-state index contributed by atoms with van der Waals surface area (Å²) in [5, 5.41) is 0. The van der Waals surface area contributed by atoms with Gasteiger partial charge in [-0.05, 0) is 55.7 Å². The fourth-order valence-electron chi connectivity index (χ4n) is 4.10. The van der Waals surface area contributed by atoms with Crippen molar-refractivity contribution in [2.75, 3.05) is 29.7 Å². The second kappa shape index (κ2) is 8.30. The van der Waals surface area contributed by atoms with Crippen molar-refractivity contribution < 1.29 is 17.9 Å². The molecule has 2 aromatic carbocycles. The Bertz CT molecular complexity index is 1040. The van der Waals surface area contributed by atoms with E-state index >= 15 is 0 Å². The van der Waals surface area contributed by atoms with Crippen LogP contribution in [0.2, 0.25) is 0 Å². The maximum Gasteiger partial charge on any atom is 0.253 e. The maximum atomic E-state index is 13.0. The molecule has 1 amide bonds. The zero-order valence-corrected chi connectivity index (χ0v) is 18.3. The minimum absolute atomic E-state index is 0.0568. The molecule has 4 rings (SSSR count). The van der Waals surface area contributed by atoms with E-state index in [1.165, 1.54) is 9.87 Å². The molecular weight excluding hydrogens is 400 g/mol. The van der Waals surface area contributed by atoms with E-state index in [9.17, 15) is 13.2 Å². The highest BCUT2D eigenvalue weighted by molar-refractivity contribution is 7.93. The number of aryl methyl sites for hydroxylation is 2. The van der Waals surface area contributed by atoms with Crippen molar-refractivity contribution in [1.82, 2.24) is 4.90 Å². The number of likely N-dealkylation sites (tertiary alicyclic amines) is 1. The van der Waals surface area contributed by atoms with Gasteiger partial charge in [0, 0.05) is 38.0 Å². The van der Waals surface area contributed by atoms with E-state index in [2.05, 4.69) is 25.1 Å². The minimum Gasteiger partial charge on any atom is -0.490 e. The average molecular weight is 429 g/mol. The molecule has 2 heterocycles. The summed E-state index contributed by atoms with van der Waals surface area (Å²) >= 11 is 0. The fraction of sp³-hybridized carbons (Fsp3) is 0.435. The monoisotopic (exact) mass is 428 g/mol. The third-order valence-electron chi connectivity index (χ3n) is 5.85. The Kier molecular flexibility index (Phi) is 5.73. The quantitative estimate of drug-likeness (QED) is 0.747. The van der Waals surface area contributed by atoms with Crippen molar-refractivity contribution in [3.05, 3.63) is 59.2 Å². The highest BCUT2D eigenvalue weighted by Gasteiger charge is 2.30. The lowest BCUT2D eigenvalue weighted by Gasteiger charge is -2.32. The Morgan fingerprint density at radius 1 is 1.03 bits per heavy atom. The Morgan fingerprint density at radius 3 is 2.50 bits per heavy atom. The molecular formula is C23H28N2O4S. The third kappa shape index (κ3) is 4.31. The normalized spacial score (nSPS) is 19.1. The van der Waals surface area contributed by atoms with Crippen LogP contribution in [0.5, 0.6) is 5.75 Å². The van der Waals surface area contributed by atoms with Crippen molar-refractivity contribution in [3.63, 3.8) is 0 Å². The summed E-state index contributed by atoms with van der Waals surface area (Å²) in [7, 11) is -3.26. The second-order valence-electron chi connectivity index (χ2n) is 8.17. The van der Waals surface area contributed by atoms with Gasteiger partial charge in [0.1, 0.15) is 11.9 Å². The Labute approximate surface area is 178 Å². The van der Waals surface area contributed by atoms with E-state index in [0.717, 1.165) is 24.2 Å². The van der Waals surface area contributed by atoms with Gasteiger partial charge < -0.3 is 9.64 Å². The summed E-state index contributed by atoms with van der Waals surface area (Å²) in [5.74, 6) is 1.02. The van der Waals surface area contributed by atoms with Crippen LogP contribution in [0.3, 0.4) is 0 Å². The standard InChI is InChI=1S/C23H28N2O4S/c1-17-7-8-18(2)22(15-17)29-21-9-12-24(13-10-21)23(26)19-5-3-6-20(16-19)25-11-4-14-30(25,27)28/h3,5-8,15-16,21H,4,9-14H2,1-2H3. The number of carbonyl (C=O) groups is 1. The largest absolute Gasteiger partial charge is 0.490 e. The molecule has 0 atom stereocenters. The van der Waals surface area contributed by atoms with Crippen LogP contribution in [0, 0.1) is 13.8 Å². The second-order valence-corrected chi connectivity index (χ2v) is 10.2. The number of amides is 1. The van der Waals surface area contributed by atoms with Crippen molar-refractivity contribution in [1.29, 1.82) is 0 Å². The van der Waals surface area contributed by atoms with Crippen LogP contribution in [0.1, 0.15) is 40.7 Å². The molecule has 0 saturated carbocycles. The van der Waals surface area contributed by atoms with Crippen LogP contribution in [0.4, 0.5) is 5.69 Å². The first kappa shape index (κ1) is 20.7. The van der Waals surface area contributed by atoms with Crippen molar-refractivity contribution >= 4 is 21.6 Å². The lowest BCUT2D eigenvalue weighted by atomic mass is 10.1. The number of nitrogens with zero attached hydrogens (tertiary/aromatic N) is 2. The van der Waals surface area contributed by atoms with Crippen molar-refractivity contribution in [3.8, 4) is 5.75 Å². The molecule has 30 heavy (non-hydrogen) atoms. The number of anilines is 1. The third-order valence-corrected chi connectivity index (χ3v) is 7.72. The summed E-state index contributed by atoms with van der Waals surface area (Å²) < 4.78 is 32.0. The van der Waals surface area contributed by atoms with Crippen LogP contribution >= 0.6 is 0 Å². The number of hydrogen-bond donors (Lipinski definition) is 0. The Hall–Kier alpha value is -2.54. The van der Waals surface area contributed by atoms with Crippen LogP contribution in [0.25, 0.3) is 0 Å². The fourth-order valence-corrected chi connectivity index (χ4v) is 5.65. The van der Waals surface area contributed by atoms with Gasteiger partial charge >= 0.3 is 0 Å². The summed E-state index contributed by atoms with van der Waals surface area (Å²) in [6.07, 6.45) is 2.27. The summed E-state index contributed by atoms with van der Waals surface area (Å²) in [5.41, 5.74) is 3.39. The Morgan fingerprint density at radius 2 is 1.80 bits per heavy atom. The maximum absolute atomic E-state index is 13.0. The van der Waals surface area contributed by atoms with Gasteiger partial charge in [-0.15, -0.1) is 0 Å². The zero-order chi connectivity index (χ0) is 21.3. The summed E-state index contributed by atoms with van der Waals surface area (Å²) in [4.78, 5) is 14.8. The van der Waals surface area contributed by atoms with Crippen LogP contribution < -0.4 is 9.04 Å². The first-order valence-corrected chi connectivity index (χ1v) is 12.1. The summed E-state index contributed by atoms with van der Waals surface area (Å²) in [6.45, 7) is 5.82. The van der Waals surface area contributed by atoms with Crippen molar-refractivity contribution in [2.45, 2.75) is 39.2 Å². The van der Waals surface area contributed by atoms with Crippen LogP contribution in [-0.4, -0.2) is 50.7 Å². The molecule has 2 fully saturated rings. The van der Waals surface area contributed by atoms with E-state index in [1.54, 1.807) is 24.3 Å². The number of sulfonamides is 1. The van der Waals surface area contributed by atoms with Gasteiger partial charge in [-0.25, -0.2) is 8.42 Å². The van der Waals surface area contributed by atoms with E-state index in [4.69, 9.17) is 4.74 Å². The highest BCUT2D eigenvalue weighted by atomic mass is 32.2. The number of rotatable bonds is 4. The molecule has 0 N–H and O–H groups in total.